The SMILES string of the molecule is COc1cc(OCC(N)=O)ccc1-c1cccc(N)n1. The van der Waals surface area contributed by atoms with Gasteiger partial charge in [-0.3, -0.25) is 4.79 Å². The highest BCUT2D eigenvalue weighted by Gasteiger charge is 2.09. The first-order valence-electron chi connectivity index (χ1n) is 5.92. The van der Waals surface area contributed by atoms with E-state index in [-0.39, 0.29) is 6.61 Å². The van der Waals surface area contributed by atoms with Gasteiger partial charge >= 0.3 is 0 Å². The van der Waals surface area contributed by atoms with Gasteiger partial charge in [-0.25, -0.2) is 4.98 Å². The van der Waals surface area contributed by atoms with Gasteiger partial charge in [-0.15, -0.1) is 0 Å². The number of hydrogen-bond donors (Lipinski definition) is 2. The van der Waals surface area contributed by atoms with Crippen LogP contribution >= 0.6 is 0 Å². The number of primary amides is 1. The third kappa shape index (κ3) is 3.17. The highest BCUT2D eigenvalue weighted by molar-refractivity contribution is 5.75. The van der Waals surface area contributed by atoms with Crippen molar-refractivity contribution in [1.29, 1.82) is 0 Å². The number of benzene rings is 1. The minimum atomic E-state index is -0.537. The number of hydrogen-bond acceptors (Lipinski definition) is 5. The molecule has 20 heavy (non-hydrogen) atoms. The maximum atomic E-state index is 10.7. The lowest BCUT2D eigenvalue weighted by molar-refractivity contribution is -0.119. The number of pyridine rings is 1. The predicted molar refractivity (Wildman–Crippen MR) is 75.3 cm³/mol. The second kappa shape index (κ2) is 5.92. The monoisotopic (exact) mass is 273 g/mol. The van der Waals surface area contributed by atoms with E-state index in [9.17, 15) is 4.79 Å². The van der Waals surface area contributed by atoms with Crippen molar-refractivity contribution in [1.82, 2.24) is 4.98 Å². The first-order chi connectivity index (χ1) is 9.60. The maximum absolute atomic E-state index is 10.7. The van der Waals surface area contributed by atoms with E-state index in [1.54, 1.807) is 31.4 Å². The molecule has 104 valence electrons. The van der Waals surface area contributed by atoms with Crippen LogP contribution in [-0.2, 0) is 4.79 Å². The molecule has 1 amide bonds. The molecule has 0 fully saturated rings. The van der Waals surface area contributed by atoms with Crippen molar-refractivity contribution in [2.75, 3.05) is 19.5 Å². The fourth-order valence-corrected chi connectivity index (χ4v) is 1.73. The number of carbonyl (C=O) groups excluding carboxylic acids is 1. The summed E-state index contributed by atoms with van der Waals surface area (Å²) >= 11 is 0. The molecule has 0 unspecified atom stereocenters. The second-order valence-electron chi connectivity index (χ2n) is 4.06. The molecule has 0 spiro atoms. The molecule has 0 saturated heterocycles. The lowest BCUT2D eigenvalue weighted by Crippen LogP contribution is -2.20. The van der Waals surface area contributed by atoms with Crippen molar-refractivity contribution in [3.05, 3.63) is 36.4 Å². The zero-order valence-electron chi connectivity index (χ0n) is 11.0. The predicted octanol–water partition coefficient (Wildman–Crippen LogP) is 1.20. The van der Waals surface area contributed by atoms with Gasteiger partial charge in [-0.2, -0.15) is 0 Å². The Balaban J connectivity index is 2.33. The van der Waals surface area contributed by atoms with E-state index in [1.165, 1.54) is 0 Å². The number of nitrogens with zero attached hydrogens (tertiary/aromatic N) is 1. The minimum Gasteiger partial charge on any atom is -0.496 e. The van der Waals surface area contributed by atoms with Gasteiger partial charge in [0.15, 0.2) is 6.61 Å². The molecule has 0 bridgehead atoms. The van der Waals surface area contributed by atoms with Crippen molar-refractivity contribution >= 4 is 11.7 Å². The Labute approximate surface area is 116 Å². The number of aromatic nitrogens is 1. The number of ether oxygens (including phenoxy) is 2. The Morgan fingerprint density at radius 2 is 2.10 bits per heavy atom. The van der Waals surface area contributed by atoms with Gasteiger partial charge in [-0.05, 0) is 24.3 Å². The fraction of sp³-hybridized carbons (Fsp3) is 0.143. The Hall–Kier alpha value is -2.76. The summed E-state index contributed by atoms with van der Waals surface area (Å²) in [5.74, 6) is 0.961. The standard InChI is InChI=1S/C14H15N3O3/c1-19-12-7-9(20-8-14(16)18)5-6-10(12)11-3-2-4-13(15)17-11/h2-7H,8H2,1H3,(H2,15,17)(H2,16,18). The summed E-state index contributed by atoms with van der Waals surface area (Å²) in [4.78, 5) is 14.9. The van der Waals surface area contributed by atoms with E-state index < -0.39 is 5.91 Å². The van der Waals surface area contributed by atoms with Crippen molar-refractivity contribution in [3.8, 4) is 22.8 Å². The van der Waals surface area contributed by atoms with E-state index in [0.29, 0.717) is 23.0 Å². The number of nitrogen functional groups attached to an aromatic ring is 1. The fourth-order valence-electron chi connectivity index (χ4n) is 1.73. The number of rotatable bonds is 5. The molecular weight excluding hydrogens is 258 g/mol. The molecule has 2 rings (SSSR count). The van der Waals surface area contributed by atoms with Crippen LogP contribution in [0.3, 0.4) is 0 Å². The first kappa shape index (κ1) is 13.7. The minimum absolute atomic E-state index is 0.182. The lowest BCUT2D eigenvalue weighted by Gasteiger charge is -2.11. The summed E-state index contributed by atoms with van der Waals surface area (Å²) < 4.78 is 10.5. The molecule has 0 atom stereocenters. The number of amides is 1. The Morgan fingerprint density at radius 1 is 1.30 bits per heavy atom. The molecule has 2 aromatic rings. The Bertz CT molecular complexity index is 629. The van der Waals surface area contributed by atoms with Crippen LogP contribution < -0.4 is 20.9 Å². The van der Waals surface area contributed by atoms with Gasteiger partial charge in [0.25, 0.3) is 5.91 Å². The molecule has 1 heterocycles. The van der Waals surface area contributed by atoms with Crippen LogP contribution in [-0.4, -0.2) is 24.6 Å². The number of methoxy groups -OCH3 is 1. The molecule has 6 nitrogen and oxygen atoms in total. The van der Waals surface area contributed by atoms with Gasteiger partial charge in [0, 0.05) is 11.6 Å². The van der Waals surface area contributed by atoms with Crippen molar-refractivity contribution < 1.29 is 14.3 Å². The van der Waals surface area contributed by atoms with Crippen molar-refractivity contribution in [2.45, 2.75) is 0 Å². The third-order valence-corrected chi connectivity index (χ3v) is 2.60. The van der Waals surface area contributed by atoms with Gasteiger partial charge in [0.05, 0.1) is 12.8 Å². The van der Waals surface area contributed by atoms with E-state index in [2.05, 4.69) is 4.98 Å². The van der Waals surface area contributed by atoms with E-state index in [4.69, 9.17) is 20.9 Å². The highest BCUT2D eigenvalue weighted by Crippen LogP contribution is 2.32. The smallest absolute Gasteiger partial charge is 0.255 e. The van der Waals surface area contributed by atoms with Crippen molar-refractivity contribution in [3.63, 3.8) is 0 Å². The zero-order valence-corrected chi connectivity index (χ0v) is 11.0. The average Bonchev–Trinajstić information content (AvgIpc) is 2.44. The van der Waals surface area contributed by atoms with Gasteiger partial charge in [0.1, 0.15) is 17.3 Å². The van der Waals surface area contributed by atoms with Crippen molar-refractivity contribution in [2.24, 2.45) is 5.73 Å². The van der Waals surface area contributed by atoms with Gasteiger partial charge in [-0.1, -0.05) is 6.07 Å². The average molecular weight is 273 g/mol. The second-order valence-corrected chi connectivity index (χ2v) is 4.06. The molecule has 4 N–H and O–H groups in total. The highest BCUT2D eigenvalue weighted by atomic mass is 16.5. The molecule has 6 heteroatoms. The lowest BCUT2D eigenvalue weighted by atomic mass is 10.1. The van der Waals surface area contributed by atoms with Crippen LogP contribution in [0.15, 0.2) is 36.4 Å². The molecule has 1 aromatic heterocycles. The van der Waals surface area contributed by atoms with Crippen LogP contribution in [0.4, 0.5) is 5.82 Å². The van der Waals surface area contributed by atoms with E-state index in [1.807, 2.05) is 12.1 Å². The van der Waals surface area contributed by atoms with Crippen LogP contribution in [0.1, 0.15) is 0 Å². The number of anilines is 1. The van der Waals surface area contributed by atoms with Crippen LogP contribution in [0.5, 0.6) is 11.5 Å². The van der Waals surface area contributed by atoms with Gasteiger partial charge < -0.3 is 20.9 Å². The van der Waals surface area contributed by atoms with Crippen LogP contribution in [0, 0.1) is 0 Å². The molecule has 0 saturated carbocycles. The summed E-state index contributed by atoms with van der Waals surface area (Å²) in [5.41, 5.74) is 12.2. The van der Waals surface area contributed by atoms with Crippen LogP contribution in [0.25, 0.3) is 11.3 Å². The van der Waals surface area contributed by atoms with Gasteiger partial charge in [0.2, 0.25) is 0 Å². The Morgan fingerprint density at radius 3 is 2.75 bits per heavy atom. The summed E-state index contributed by atoms with van der Waals surface area (Å²) in [5, 5.41) is 0. The summed E-state index contributed by atoms with van der Waals surface area (Å²) in [6.07, 6.45) is 0. The molecule has 0 aliphatic carbocycles. The molecule has 0 radical (unpaired) electrons. The number of nitrogens with two attached hydrogens (primary N) is 2. The molecular formula is C14H15N3O3. The van der Waals surface area contributed by atoms with E-state index in [0.717, 1.165) is 5.56 Å². The zero-order chi connectivity index (χ0) is 14.5. The summed E-state index contributed by atoms with van der Waals surface area (Å²) in [6, 6.07) is 10.5. The largest absolute Gasteiger partial charge is 0.496 e. The normalized spacial score (nSPS) is 10.1. The van der Waals surface area contributed by atoms with Crippen LogP contribution in [0.2, 0.25) is 0 Å². The quantitative estimate of drug-likeness (QED) is 0.852. The maximum Gasteiger partial charge on any atom is 0.255 e. The molecule has 1 aromatic carbocycles. The van der Waals surface area contributed by atoms with E-state index >= 15 is 0 Å². The number of carbonyl (C=O) groups is 1. The molecule has 0 aliphatic heterocycles. The Kier molecular flexibility index (Phi) is 4.05. The first-order valence-corrected chi connectivity index (χ1v) is 5.92. The summed E-state index contributed by atoms with van der Waals surface area (Å²) in [7, 11) is 1.54. The topological polar surface area (TPSA) is 100 Å². The molecule has 0 aliphatic rings. The summed E-state index contributed by atoms with van der Waals surface area (Å²) in [6.45, 7) is -0.182. The third-order valence-electron chi connectivity index (χ3n) is 2.60.